The zero-order valence-corrected chi connectivity index (χ0v) is 11.2. The summed E-state index contributed by atoms with van der Waals surface area (Å²) in [6.07, 6.45) is 2.57. The molecule has 0 aliphatic heterocycles. The lowest BCUT2D eigenvalue weighted by Gasteiger charge is -2.06. The minimum absolute atomic E-state index is 0.207. The van der Waals surface area contributed by atoms with Crippen LogP contribution in [0.5, 0.6) is 5.75 Å². The molecular weight excluding hydrogens is 273 g/mol. The maximum atomic E-state index is 13.5. The van der Waals surface area contributed by atoms with Crippen LogP contribution in [0.25, 0.3) is 0 Å². The number of nitrogens with zero attached hydrogens (tertiary/aromatic N) is 1. The number of benzene rings is 1. The molecule has 5 heteroatoms. The van der Waals surface area contributed by atoms with Crippen LogP contribution >= 0.6 is 23.4 Å². The SMILES string of the molecule is Cc1cc(O)cc(SCc2c(F)cncc2Cl)c1. The van der Waals surface area contributed by atoms with Gasteiger partial charge in [0.25, 0.3) is 0 Å². The fourth-order valence-corrected chi connectivity index (χ4v) is 2.91. The van der Waals surface area contributed by atoms with Crippen LogP contribution in [0.1, 0.15) is 11.1 Å². The number of aryl methyl sites for hydroxylation is 1. The van der Waals surface area contributed by atoms with Crippen LogP contribution in [-0.2, 0) is 5.75 Å². The van der Waals surface area contributed by atoms with E-state index in [9.17, 15) is 9.50 Å². The fraction of sp³-hybridized carbons (Fsp3) is 0.154. The Morgan fingerprint density at radius 2 is 2.11 bits per heavy atom. The number of thioether (sulfide) groups is 1. The molecule has 0 saturated carbocycles. The van der Waals surface area contributed by atoms with Crippen LogP contribution in [0.4, 0.5) is 4.39 Å². The average molecular weight is 284 g/mol. The lowest BCUT2D eigenvalue weighted by atomic mass is 10.2. The van der Waals surface area contributed by atoms with E-state index in [1.807, 2.05) is 13.0 Å². The molecule has 0 atom stereocenters. The van der Waals surface area contributed by atoms with E-state index in [1.165, 1.54) is 18.0 Å². The Hall–Kier alpha value is -1.26. The molecular formula is C13H11ClFNOS. The van der Waals surface area contributed by atoms with Crippen molar-refractivity contribution in [1.82, 2.24) is 4.98 Å². The van der Waals surface area contributed by atoms with Gasteiger partial charge in [-0.15, -0.1) is 11.8 Å². The number of phenols is 1. The highest BCUT2D eigenvalue weighted by Crippen LogP contribution is 2.30. The van der Waals surface area contributed by atoms with Crippen LogP contribution in [0, 0.1) is 12.7 Å². The number of hydrogen-bond donors (Lipinski definition) is 1. The molecule has 0 amide bonds. The second-order valence-corrected chi connectivity index (χ2v) is 5.33. The third-order valence-corrected chi connectivity index (χ3v) is 3.70. The highest BCUT2D eigenvalue weighted by atomic mass is 35.5. The van der Waals surface area contributed by atoms with Gasteiger partial charge in [0.15, 0.2) is 0 Å². The minimum atomic E-state index is -0.410. The maximum Gasteiger partial charge on any atom is 0.147 e. The summed E-state index contributed by atoms with van der Waals surface area (Å²) >= 11 is 7.31. The predicted molar refractivity (Wildman–Crippen MR) is 71.6 cm³/mol. The van der Waals surface area contributed by atoms with Gasteiger partial charge >= 0.3 is 0 Å². The number of halogens is 2. The van der Waals surface area contributed by atoms with Crippen LogP contribution in [0.15, 0.2) is 35.5 Å². The molecule has 2 nitrogen and oxygen atoms in total. The molecule has 1 aromatic heterocycles. The van der Waals surface area contributed by atoms with Crippen molar-refractivity contribution in [2.45, 2.75) is 17.6 Å². The lowest BCUT2D eigenvalue weighted by Crippen LogP contribution is -1.91. The molecule has 2 aromatic rings. The van der Waals surface area contributed by atoms with Gasteiger partial charge in [-0.2, -0.15) is 0 Å². The van der Waals surface area contributed by atoms with Gasteiger partial charge in [-0.1, -0.05) is 11.6 Å². The molecule has 0 radical (unpaired) electrons. The van der Waals surface area contributed by atoms with Crippen molar-refractivity contribution in [3.63, 3.8) is 0 Å². The molecule has 0 unspecified atom stereocenters. The van der Waals surface area contributed by atoms with Crippen molar-refractivity contribution >= 4 is 23.4 Å². The third-order valence-electron chi connectivity index (χ3n) is 2.37. The second kappa shape index (κ2) is 5.59. The first-order valence-corrected chi connectivity index (χ1v) is 6.64. The van der Waals surface area contributed by atoms with Gasteiger partial charge in [0.05, 0.1) is 11.2 Å². The Morgan fingerprint density at radius 3 is 2.78 bits per heavy atom. The van der Waals surface area contributed by atoms with Crippen molar-refractivity contribution in [1.29, 1.82) is 0 Å². The standard InChI is InChI=1S/C13H11ClFNOS/c1-8-2-9(17)4-10(3-8)18-7-11-12(14)5-16-6-13(11)15/h2-6,17H,7H2,1H3. The smallest absolute Gasteiger partial charge is 0.147 e. The van der Waals surface area contributed by atoms with E-state index in [2.05, 4.69) is 4.98 Å². The predicted octanol–water partition coefficient (Wildman–Crippen LogP) is 4.18. The van der Waals surface area contributed by atoms with Gasteiger partial charge in [0.2, 0.25) is 0 Å². The molecule has 1 aromatic carbocycles. The largest absolute Gasteiger partial charge is 0.508 e. The first kappa shape index (κ1) is 13.2. The summed E-state index contributed by atoms with van der Waals surface area (Å²) in [6, 6.07) is 5.24. The zero-order valence-electron chi connectivity index (χ0n) is 9.65. The first-order chi connectivity index (χ1) is 8.56. The van der Waals surface area contributed by atoms with E-state index in [4.69, 9.17) is 11.6 Å². The number of pyridine rings is 1. The average Bonchev–Trinajstić information content (AvgIpc) is 2.27. The summed E-state index contributed by atoms with van der Waals surface area (Å²) < 4.78 is 13.5. The monoisotopic (exact) mass is 283 g/mol. The number of aromatic hydroxyl groups is 1. The van der Waals surface area contributed by atoms with E-state index in [1.54, 1.807) is 12.1 Å². The van der Waals surface area contributed by atoms with Crippen LogP contribution in [0.3, 0.4) is 0 Å². The van der Waals surface area contributed by atoms with Gasteiger partial charge in [-0.25, -0.2) is 4.39 Å². The minimum Gasteiger partial charge on any atom is -0.508 e. The zero-order chi connectivity index (χ0) is 13.1. The van der Waals surface area contributed by atoms with Crippen molar-refractivity contribution < 1.29 is 9.50 Å². The van der Waals surface area contributed by atoms with E-state index >= 15 is 0 Å². The molecule has 0 aliphatic rings. The summed E-state index contributed by atoms with van der Waals surface area (Å²) in [4.78, 5) is 4.55. The van der Waals surface area contributed by atoms with Crippen LogP contribution in [-0.4, -0.2) is 10.1 Å². The van der Waals surface area contributed by atoms with Gasteiger partial charge in [-0.3, -0.25) is 4.98 Å². The normalized spacial score (nSPS) is 10.6. The number of rotatable bonds is 3. The quantitative estimate of drug-likeness (QED) is 0.858. The van der Waals surface area contributed by atoms with Crippen molar-refractivity contribution in [3.8, 4) is 5.75 Å². The van der Waals surface area contributed by atoms with E-state index in [0.717, 1.165) is 16.7 Å². The Morgan fingerprint density at radius 1 is 1.33 bits per heavy atom. The molecule has 18 heavy (non-hydrogen) atoms. The van der Waals surface area contributed by atoms with Crippen molar-refractivity contribution in [3.05, 3.63) is 52.6 Å². The van der Waals surface area contributed by atoms with Gasteiger partial charge in [0.1, 0.15) is 11.6 Å². The number of phenolic OH excluding ortho intramolecular Hbond substituents is 1. The molecule has 1 heterocycles. The molecule has 0 spiro atoms. The van der Waals surface area contributed by atoms with Crippen LogP contribution in [0.2, 0.25) is 5.02 Å². The summed E-state index contributed by atoms with van der Waals surface area (Å²) in [7, 11) is 0. The summed E-state index contributed by atoms with van der Waals surface area (Å²) in [5, 5.41) is 9.80. The van der Waals surface area contributed by atoms with Gasteiger partial charge in [-0.05, 0) is 30.7 Å². The first-order valence-electron chi connectivity index (χ1n) is 5.27. The Kier molecular flexibility index (Phi) is 4.09. The molecule has 1 N–H and O–H groups in total. The van der Waals surface area contributed by atoms with Gasteiger partial charge < -0.3 is 5.11 Å². The molecule has 2 rings (SSSR count). The Bertz CT molecular complexity index is 536. The molecule has 0 aliphatic carbocycles. The number of hydrogen-bond acceptors (Lipinski definition) is 3. The Balaban J connectivity index is 2.16. The number of aromatic nitrogens is 1. The maximum absolute atomic E-state index is 13.5. The van der Waals surface area contributed by atoms with Crippen molar-refractivity contribution in [2.24, 2.45) is 0 Å². The highest BCUT2D eigenvalue weighted by Gasteiger charge is 2.08. The highest BCUT2D eigenvalue weighted by molar-refractivity contribution is 7.98. The van der Waals surface area contributed by atoms with E-state index in [0.29, 0.717) is 16.3 Å². The fourth-order valence-electron chi connectivity index (χ4n) is 1.54. The molecule has 0 saturated heterocycles. The lowest BCUT2D eigenvalue weighted by molar-refractivity contribution is 0.473. The topological polar surface area (TPSA) is 33.1 Å². The molecule has 94 valence electrons. The summed E-state index contributed by atoms with van der Waals surface area (Å²) in [5.41, 5.74) is 1.39. The van der Waals surface area contributed by atoms with Crippen molar-refractivity contribution in [2.75, 3.05) is 0 Å². The Labute approximate surface area is 114 Å². The van der Waals surface area contributed by atoms with E-state index < -0.39 is 5.82 Å². The third kappa shape index (κ3) is 3.15. The van der Waals surface area contributed by atoms with Gasteiger partial charge in [0, 0.05) is 22.4 Å². The molecule has 0 bridgehead atoms. The van der Waals surface area contributed by atoms with E-state index in [-0.39, 0.29) is 5.75 Å². The van der Waals surface area contributed by atoms with Crippen LogP contribution < -0.4 is 0 Å². The summed E-state index contributed by atoms with van der Waals surface area (Å²) in [5.74, 6) is 0.196. The molecule has 0 fully saturated rings. The summed E-state index contributed by atoms with van der Waals surface area (Å²) in [6.45, 7) is 1.89. The second-order valence-electron chi connectivity index (χ2n) is 3.87.